The van der Waals surface area contributed by atoms with Gasteiger partial charge < -0.3 is 20.3 Å². The zero-order chi connectivity index (χ0) is 19.8. The van der Waals surface area contributed by atoms with Gasteiger partial charge in [0.15, 0.2) is 0 Å². The Morgan fingerprint density at radius 3 is 2.57 bits per heavy atom. The van der Waals surface area contributed by atoms with Gasteiger partial charge in [-0.3, -0.25) is 4.79 Å². The van der Waals surface area contributed by atoms with E-state index in [-0.39, 0.29) is 17.9 Å². The van der Waals surface area contributed by atoms with E-state index in [1.165, 1.54) is 0 Å². The van der Waals surface area contributed by atoms with Crippen LogP contribution in [-0.4, -0.2) is 36.5 Å². The van der Waals surface area contributed by atoms with Crippen molar-refractivity contribution in [2.45, 2.75) is 26.3 Å². The Morgan fingerprint density at radius 1 is 1.11 bits per heavy atom. The number of nitrogens with zero attached hydrogens (tertiary/aromatic N) is 1. The second-order valence-electron chi connectivity index (χ2n) is 6.88. The van der Waals surface area contributed by atoms with E-state index >= 15 is 0 Å². The van der Waals surface area contributed by atoms with E-state index in [1.807, 2.05) is 61.5 Å². The molecule has 2 aromatic carbocycles. The number of hydrogen-bond donors (Lipinski definition) is 2. The number of piperidine rings is 1. The number of anilines is 1. The van der Waals surface area contributed by atoms with Gasteiger partial charge in [0.1, 0.15) is 5.75 Å². The topological polar surface area (TPSA) is 70.7 Å². The predicted molar refractivity (Wildman–Crippen MR) is 109 cm³/mol. The van der Waals surface area contributed by atoms with Crippen molar-refractivity contribution in [2.75, 3.05) is 25.0 Å². The molecule has 3 amide bonds. The summed E-state index contributed by atoms with van der Waals surface area (Å²) in [7, 11) is 0. The van der Waals surface area contributed by atoms with Crippen LogP contribution in [0.4, 0.5) is 10.5 Å². The first-order valence-electron chi connectivity index (χ1n) is 9.76. The van der Waals surface area contributed by atoms with Crippen molar-refractivity contribution in [3.05, 3.63) is 60.2 Å². The van der Waals surface area contributed by atoms with E-state index in [0.717, 1.165) is 29.8 Å². The summed E-state index contributed by atoms with van der Waals surface area (Å²) in [5, 5.41) is 5.88. The molecule has 0 unspecified atom stereocenters. The Morgan fingerprint density at radius 2 is 1.86 bits per heavy atom. The normalized spacial score (nSPS) is 16.3. The largest absolute Gasteiger partial charge is 0.494 e. The average Bonchev–Trinajstić information content (AvgIpc) is 2.74. The molecular weight excluding hydrogens is 354 g/mol. The van der Waals surface area contributed by atoms with Crippen molar-refractivity contribution < 1.29 is 14.3 Å². The van der Waals surface area contributed by atoms with E-state index in [1.54, 1.807) is 4.90 Å². The van der Waals surface area contributed by atoms with Crippen LogP contribution in [0.3, 0.4) is 0 Å². The van der Waals surface area contributed by atoms with Crippen LogP contribution in [0.25, 0.3) is 0 Å². The molecule has 2 aromatic rings. The average molecular weight is 381 g/mol. The highest BCUT2D eigenvalue weighted by Gasteiger charge is 2.28. The van der Waals surface area contributed by atoms with Crippen LogP contribution < -0.4 is 15.4 Å². The van der Waals surface area contributed by atoms with E-state index in [2.05, 4.69) is 10.6 Å². The van der Waals surface area contributed by atoms with Gasteiger partial charge >= 0.3 is 6.03 Å². The van der Waals surface area contributed by atoms with Crippen LogP contribution in [0.5, 0.6) is 5.75 Å². The van der Waals surface area contributed by atoms with Crippen LogP contribution in [0, 0.1) is 5.92 Å². The number of carbonyl (C=O) groups is 2. The lowest BCUT2D eigenvalue weighted by Crippen LogP contribution is -2.47. The summed E-state index contributed by atoms with van der Waals surface area (Å²) in [6.45, 7) is 4.13. The molecule has 3 rings (SSSR count). The molecule has 0 saturated carbocycles. The molecule has 0 aliphatic carbocycles. The standard InChI is InChI=1S/C22H27N3O3/c1-2-28-20-12-10-19(11-13-20)24-21(26)18-9-6-14-25(16-18)22(27)23-15-17-7-4-3-5-8-17/h3-5,7-8,10-13,18H,2,6,9,14-16H2,1H3,(H,23,27)(H,24,26)/t18-/m1/s1. The Hall–Kier alpha value is -3.02. The van der Waals surface area contributed by atoms with Crippen LogP contribution in [0.15, 0.2) is 54.6 Å². The lowest BCUT2D eigenvalue weighted by atomic mass is 9.97. The predicted octanol–water partition coefficient (Wildman–Crippen LogP) is 3.65. The molecule has 6 nitrogen and oxygen atoms in total. The number of benzene rings is 2. The van der Waals surface area contributed by atoms with Crippen molar-refractivity contribution in [3.8, 4) is 5.75 Å². The third kappa shape index (κ3) is 5.49. The fourth-order valence-corrected chi connectivity index (χ4v) is 3.31. The van der Waals surface area contributed by atoms with Crippen molar-refractivity contribution >= 4 is 17.6 Å². The zero-order valence-electron chi connectivity index (χ0n) is 16.2. The maximum atomic E-state index is 12.6. The third-order valence-electron chi connectivity index (χ3n) is 4.80. The first kappa shape index (κ1) is 19.7. The van der Waals surface area contributed by atoms with Gasteiger partial charge in [0.25, 0.3) is 0 Å². The van der Waals surface area contributed by atoms with Crippen molar-refractivity contribution in [1.82, 2.24) is 10.2 Å². The number of likely N-dealkylation sites (tertiary alicyclic amines) is 1. The summed E-state index contributed by atoms with van der Waals surface area (Å²) in [5.74, 6) is 0.520. The second kappa shape index (κ2) is 9.78. The molecule has 1 aliphatic heterocycles. The monoisotopic (exact) mass is 381 g/mol. The van der Waals surface area contributed by atoms with Crippen molar-refractivity contribution in [1.29, 1.82) is 0 Å². The molecule has 1 fully saturated rings. The molecule has 0 radical (unpaired) electrons. The molecule has 1 heterocycles. The van der Waals surface area contributed by atoms with Crippen LogP contribution in [-0.2, 0) is 11.3 Å². The molecule has 148 valence electrons. The Kier molecular flexibility index (Phi) is 6.89. The molecular formula is C22H27N3O3. The minimum atomic E-state index is -0.206. The highest BCUT2D eigenvalue weighted by atomic mass is 16.5. The SMILES string of the molecule is CCOc1ccc(NC(=O)[C@@H]2CCCN(C(=O)NCc3ccccc3)C2)cc1. The Labute approximate surface area is 165 Å². The summed E-state index contributed by atoms with van der Waals surface area (Å²) in [5.41, 5.74) is 1.79. The maximum Gasteiger partial charge on any atom is 0.317 e. The summed E-state index contributed by atoms with van der Waals surface area (Å²) in [6.07, 6.45) is 1.60. The first-order valence-corrected chi connectivity index (χ1v) is 9.76. The number of urea groups is 1. The summed E-state index contributed by atoms with van der Waals surface area (Å²) >= 11 is 0. The van der Waals surface area contributed by atoms with E-state index in [9.17, 15) is 9.59 Å². The van der Waals surface area contributed by atoms with Gasteiger partial charge in [0, 0.05) is 25.3 Å². The summed E-state index contributed by atoms with van der Waals surface area (Å²) in [6, 6.07) is 17.0. The molecule has 2 N–H and O–H groups in total. The number of nitrogens with one attached hydrogen (secondary N) is 2. The van der Waals surface area contributed by atoms with E-state index in [4.69, 9.17) is 4.74 Å². The Bertz CT molecular complexity index is 777. The number of ether oxygens (including phenoxy) is 1. The molecule has 6 heteroatoms. The lowest BCUT2D eigenvalue weighted by Gasteiger charge is -2.32. The summed E-state index contributed by atoms with van der Waals surface area (Å²) in [4.78, 5) is 26.8. The van der Waals surface area contributed by atoms with Crippen molar-refractivity contribution in [3.63, 3.8) is 0 Å². The number of rotatable bonds is 6. The first-order chi connectivity index (χ1) is 13.7. The summed E-state index contributed by atoms with van der Waals surface area (Å²) < 4.78 is 5.41. The fourth-order valence-electron chi connectivity index (χ4n) is 3.31. The van der Waals surface area contributed by atoms with Crippen LogP contribution >= 0.6 is 0 Å². The third-order valence-corrected chi connectivity index (χ3v) is 4.80. The van der Waals surface area contributed by atoms with Gasteiger partial charge in [-0.1, -0.05) is 30.3 Å². The molecule has 1 aliphatic rings. The molecule has 1 atom stereocenters. The van der Waals surface area contributed by atoms with Gasteiger partial charge in [-0.05, 0) is 49.6 Å². The fraction of sp³-hybridized carbons (Fsp3) is 0.364. The molecule has 1 saturated heterocycles. The van der Waals surface area contributed by atoms with Crippen LogP contribution in [0.1, 0.15) is 25.3 Å². The number of amides is 3. The quantitative estimate of drug-likeness (QED) is 0.802. The molecule has 0 bridgehead atoms. The Balaban J connectivity index is 1.50. The molecule has 0 aromatic heterocycles. The smallest absolute Gasteiger partial charge is 0.317 e. The number of hydrogen-bond acceptors (Lipinski definition) is 3. The lowest BCUT2D eigenvalue weighted by molar-refractivity contribution is -0.121. The number of carbonyl (C=O) groups excluding carboxylic acids is 2. The van der Waals surface area contributed by atoms with Gasteiger partial charge in [-0.2, -0.15) is 0 Å². The maximum absolute atomic E-state index is 12.6. The molecule has 0 spiro atoms. The van der Waals surface area contributed by atoms with Crippen LogP contribution in [0.2, 0.25) is 0 Å². The van der Waals surface area contributed by atoms with Gasteiger partial charge in [0.05, 0.1) is 12.5 Å². The zero-order valence-corrected chi connectivity index (χ0v) is 16.2. The highest BCUT2D eigenvalue weighted by molar-refractivity contribution is 5.93. The second-order valence-corrected chi connectivity index (χ2v) is 6.88. The molecule has 28 heavy (non-hydrogen) atoms. The van der Waals surface area contributed by atoms with Gasteiger partial charge in [-0.25, -0.2) is 4.79 Å². The minimum Gasteiger partial charge on any atom is -0.494 e. The van der Waals surface area contributed by atoms with Crippen molar-refractivity contribution in [2.24, 2.45) is 5.92 Å². The van der Waals surface area contributed by atoms with E-state index in [0.29, 0.717) is 26.2 Å². The van der Waals surface area contributed by atoms with E-state index < -0.39 is 0 Å². The minimum absolute atomic E-state index is 0.0512. The van der Waals surface area contributed by atoms with Gasteiger partial charge in [-0.15, -0.1) is 0 Å². The van der Waals surface area contributed by atoms with Gasteiger partial charge in [0.2, 0.25) is 5.91 Å². The highest BCUT2D eigenvalue weighted by Crippen LogP contribution is 2.20.